The molecule has 3 rings (SSSR count). The molecule has 2 aromatic rings. The van der Waals surface area contributed by atoms with Crippen LogP contribution in [0.5, 0.6) is 0 Å². The fourth-order valence-electron chi connectivity index (χ4n) is 5.29. The molecular formula is C33H44N4O4. The summed E-state index contributed by atoms with van der Waals surface area (Å²) in [5.41, 5.74) is 14.1. The summed E-state index contributed by atoms with van der Waals surface area (Å²) in [6.45, 7) is 7.34. The van der Waals surface area contributed by atoms with Gasteiger partial charge in [0.25, 0.3) is 0 Å². The van der Waals surface area contributed by atoms with Crippen molar-refractivity contribution in [1.29, 1.82) is 0 Å². The molecule has 0 aliphatic heterocycles. The number of nitrogens with zero attached hydrogens (tertiary/aromatic N) is 1. The lowest BCUT2D eigenvalue weighted by Crippen LogP contribution is -2.48. The Labute approximate surface area is 243 Å². The number of carbonyl (C=O) groups is 3. The van der Waals surface area contributed by atoms with Crippen molar-refractivity contribution < 1.29 is 19.5 Å². The minimum absolute atomic E-state index is 0.0154. The quantitative estimate of drug-likeness (QED) is 0.281. The van der Waals surface area contributed by atoms with Crippen molar-refractivity contribution in [3.05, 3.63) is 94.6 Å². The molecule has 0 radical (unpaired) electrons. The first-order chi connectivity index (χ1) is 19.6. The van der Waals surface area contributed by atoms with E-state index in [0.717, 1.165) is 29.5 Å². The topological polar surface area (TPSA) is 139 Å². The highest BCUT2D eigenvalue weighted by Crippen LogP contribution is 2.40. The molecule has 0 spiro atoms. The third-order valence-electron chi connectivity index (χ3n) is 7.51. The number of hydrogen-bond acceptors (Lipinski definition) is 5. The van der Waals surface area contributed by atoms with Crippen molar-refractivity contribution in [1.82, 2.24) is 10.2 Å². The SMILES string of the molecule is CCCN(CCC)C(=O)C1=CC(C(N)=O)=CC(C[C@@H](O)[C@@H](N)Cc2ccc(C)cc2)(C(=O)NCc2ccccc2)C1. The molecule has 220 valence electrons. The van der Waals surface area contributed by atoms with Gasteiger partial charge in [-0.25, -0.2) is 0 Å². The summed E-state index contributed by atoms with van der Waals surface area (Å²) in [4.78, 5) is 41.9. The number of primary amides is 1. The van der Waals surface area contributed by atoms with Crippen LogP contribution in [0.25, 0.3) is 0 Å². The first-order valence-electron chi connectivity index (χ1n) is 14.4. The van der Waals surface area contributed by atoms with Gasteiger partial charge in [-0.2, -0.15) is 0 Å². The predicted octanol–water partition coefficient (Wildman–Crippen LogP) is 3.31. The van der Waals surface area contributed by atoms with Gasteiger partial charge in [-0.15, -0.1) is 0 Å². The highest BCUT2D eigenvalue weighted by Gasteiger charge is 2.44. The van der Waals surface area contributed by atoms with Crippen LogP contribution >= 0.6 is 0 Å². The third-order valence-corrected chi connectivity index (χ3v) is 7.51. The standard InChI is InChI=1S/C33H44N4O4/c1-4-15-37(16-5-2)31(40)27-18-26(30(35)39)19-33(20-27,32(41)36-22-25-9-7-6-8-10-25)21-29(38)28(34)17-24-13-11-23(3)12-14-24/h6-14,18-19,28-29,38H,4-5,15-17,20-22,34H2,1-3H3,(H2,35,39)(H,36,41)/t28-,29+,33?/m0/s1. The predicted molar refractivity (Wildman–Crippen MR) is 161 cm³/mol. The first-order valence-corrected chi connectivity index (χ1v) is 14.4. The van der Waals surface area contributed by atoms with Gasteiger partial charge in [0.2, 0.25) is 17.7 Å². The molecule has 0 aromatic heterocycles. The summed E-state index contributed by atoms with van der Waals surface area (Å²) in [5.74, 6) is -1.39. The molecule has 0 saturated heterocycles. The van der Waals surface area contributed by atoms with E-state index in [9.17, 15) is 19.5 Å². The minimum atomic E-state index is -1.41. The van der Waals surface area contributed by atoms with Gasteiger partial charge in [0.05, 0.1) is 11.5 Å². The molecule has 1 aliphatic carbocycles. The van der Waals surface area contributed by atoms with E-state index in [0.29, 0.717) is 25.1 Å². The number of amides is 3. The summed E-state index contributed by atoms with van der Waals surface area (Å²) in [6, 6.07) is 16.7. The summed E-state index contributed by atoms with van der Waals surface area (Å²) in [6.07, 6.45) is 3.78. The molecule has 1 aliphatic rings. The molecule has 0 bridgehead atoms. The summed E-state index contributed by atoms with van der Waals surface area (Å²) < 4.78 is 0. The second kappa shape index (κ2) is 14.8. The largest absolute Gasteiger partial charge is 0.391 e. The smallest absolute Gasteiger partial charge is 0.249 e. The number of aryl methyl sites for hydroxylation is 1. The lowest BCUT2D eigenvalue weighted by molar-refractivity contribution is -0.131. The van der Waals surface area contributed by atoms with Gasteiger partial charge in [0, 0.05) is 36.8 Å². The van der Waals surface area contributed by atoms with Gasteiger partial charge in [-0.05, 0) is 56.2 Å². The number of nitrogens with two attached hydrogens (primary N) is 2. The number of carbonyl (C=O) groups excluding carboxylic acids is 3. The Morgan fingerprint density at radius 1 is 1.00 bits per heavy atom. The van der Waals surface area contributed by atoms with Crippen LogP contribution in [0.4, 0.5) is 0 Å². The average Bonchev–Trinajstić information content (AvgIpc) is 2.96. The van der Waals surface area contributed by atoms with E-state index in [-0.39, 0.29) is 30.9 Å². The van der Waals surface area contributed by atoms with Crippen molar-refractivity contribution >= 4 is 17.7 Å². The van der Waals surface area contributed by atoms with E-state index in [2.05, 4.69) is 5.32 Å². The van der Waals surface area contributed by atoms with Crippen LogP contribution < -0.4 is 16.8 Å². The zero-order valence-corrected chi connectivity index (χ0v) is 24.4. The first kappa shape index (κ1) is 31.8. The van der Waals surface area contributed by atoms with Crippen LogP contribution in [0.3, 0.4) is 0 Å². The maximum absolute atomic E-state index is 14.0. The Hall–Kier alpha value is -3.75. The molecular weight excluding hydrogens is 516 g/mol. The second-order valence-electron chi connectivity index (χ2n) is 11.1. The maximum atomic E-state index is 14.0. The van der Waals surface area contributed by atoms with Crippen molar-refractivity contribution in [2.75, 3.05) is 13.1 Å². The number of benzene rings is 2. The Morgan fingerprint density at radius 3 is 2.22 bits per heavy atom. The number of aliphatic hydroxyl groups is 1. The van der Waals surface area contributed by atoms with Crippen LogP contribution in [-0.2, 0) is 27.3 Å². The lowest BCUT2D eigenvalue weighted by atomic mass is 9.70. The highest BCUT2D eigenvalue weighted by atomic mass is 16.3. The average molecular weight is 561 g/mol. The third kappa shape index (κ3) is 8.62. The van der Waals surface area contributed by atoms with Crippen molar-refractivity contribution in [3.8, 4) is 0 Å². The summed E-state index contributed by atoms with van der Waals surface area (Å²) in [7, 11) is 0. The number of aliphatic hydroxyl groups excluding tert-OH is 1. The van der Waals surface area contributed by atoms with Crippen LogP contribution in [0.2, 0.25) is 0 Å². The van der Waals surface area contributed by atoms with Gasteiger partial charge in [0.1, 0.15) is 0 Å². The Bertz CT molecular complexity index is 1250. The maximum Gasteiger partial charge on any atom is 0.249 e. The van der Waals surface area contributed by atoms with Gasteiger partial charge >= 0.3 is 0 Å². The summed E-state index contributed by atoms with van der Waals surface area (Å²) in [5, 5.41) is 14.3. The fourth-order valence-corrected chi connectivity index (χ4v) is 5.29. The molecule has 6 N–H and O–H groups in total. The molecule has 0 fully saturated rings. The van der Waals surface area contributed by atoms with Gasteiger partial charge in [-0.3, -0.25) is 14.4 Å². The number of hydrogen-bond donors (Lipinski definition) is 4. The van der Waals surface area contributed by atoms with Crippen LogP contribution in [0.1, 0.15) is 56.2 Å². The Kier molecular flexibility index (Phi) is 11.4. The van der Waals surface area contributed by atoms with Crippen molar-refractivity contribution in [2.24, 2.45) is 16.9 Å². The lowest BCUT2D eigenvalue weighted by Gasteiger charge is -2.37. The van der Waals surface area contributed by atoms with E-state index < -0.39 is 29.4 Å². The van der Waals surface area contributed by atoms with E-state index in [4.69, 9.17) is 11.5 Å². The molecule has 0 heterocycles. The van der Waals surface area contributed by atoms with Gasteiger partial charge in [0.15, 0.2) is 0 Å². The second-order valence-corrected chi connectivity index (χ2v) is 11.1. The van der Waals surface area contributed by atoms with Crippen molar-refractivity contribution in [3.63, 3.8) is 0 Å². The highest BCUT2D eigenvalue weighted by molar-refractivity contribution is 6.03. The van der Waals surface area contributed by atoms with Crippen molar-refractivity contribution in [2.45, 2.75) is 71.6 Å². The van der Waals surface area contributed by atoms with Crippen LogP contribution in [-0.4, -0.2) is 53.0 Å². The molecule has 1 unspecified atom stereocenters. The number of nitrogens with one attached hydrogen (secondary N) is 1. The zero-order valence-electron chi connectivity index (χ0n) is 24.4. The Morgan fingerprint density at radius 2 is 1.63 bits per heavy atom. The zero-order chi connectivity index (χ0) is 30.0. The molecule has 41 heavy (non-hydrogen) atoms. The van der Waals surface area contributed by atoms with Gasteiger partial charge < -0.3 is 26.8 Å². The minimum Gasteiger partial charge on any atom is -0.391 e. The molecule has 8 heteroatoms. The van der Waals surface area contributed by atoms with E-state index in [1.54, 1.807) is 4.90 Å². The molecule has 3 amide bonds. The number of rotatable bonds is 14. The van der Waals surface area contributed by atoms with Crippen LogP contribution in [0, 0.1) is 12.3 Å². The Balaban J connectivity index is 1.96. The van der Waals surface area contributed by atoms with E-state index in [1.807, 2.05) is 75.4 Å². The van der Waals surface area contributed by atoms with E-state index in [1.165, 1.54) is 12.2 Å². The van der Waals surface area contributed by atoms with E-state index >= 15 is 0 Å². The monoisotopic (exact) mass is 560 g/mol. The molecule has 0 saturated carbocycles. The fraction of sp³-hybridized carbons (Fsp3) is 0.424. The summed E-state index contributed by atoms with van der Waals surface area (Å²) >= 11 is 0. The van der Waals surface area contributed by atoms with Gasteiger partial charge in [-0.1, -0.05) is 80.1 Å². The molecule has 2 aromatic carbocycles. The molecule has 3 atom stereocenters. The van der Waals surface area contributed by atoms with Crippen LogP contribution in [0.15, 0.2) is 77.9 Å². The normalized spacial score (nSPS) is 18.1. The molecule has 8 nitrogen and oxygen atoms in total.